The molecule has 0 aliphatic carbocycles. The van der Waals surface area contributed by atoms with E-state index in [4.69, 9.17) is 9.47 Å². The summed E-state index contributed by atoms with van der Waals surface area (Å²) in [6.07, 6.45) is 3.73. The van der Waals surface area contributed by atoms with Gasteiger partial charge in [-0.2, -0.15) is 0 Å². The Morgan fingerprint density at radius 2 is 1.70 bits per heavy atom. The van der Waals surface area contributed by atoms with E-state index in [-0.39, 0.29) is 11.7 Å². The van der Waals surface area contributed by atoms with Gasteiger partial charge in [-0.15, -0.1) is 0 Å². The van der Waals surface area contributed by atoms with E-state index >= 15 is 0 Å². The van der Waals surface area contributed by atoms with Crippen LogP contribution in [0.2, 0.25) is 0 Å². The minimum atomic E-state index is -0.141. The maximum atomic E-state index is 13.5. The van der Waals surface area contributed by atoms with Crippen molar-refractivity contribution in [1.29, 1.82) is 0 Å². The predicted octanol–water partition coefficient (Wildman–Crippen LogP) is 3.70. The van der Waals surface area contributed by atoms with Crippen LogP contribution in [0.15, 0.2) is 60.9 Å². The molecule has 1 amide bonds. The van der Waals surface area contributed by atoms with E-state index in [1.807, 2.05) is 41.4 Å². The highest BCUT2D eigenvalue weighted by molar-refractivity contribution is 6.00. The van der Waals surface area contributed by atoms with Crippen molar-refractivity contribution in [2.24, 2.45) is 0 Å². The van der Waals surface area contributed by atoms with Gasteiger partial charge in [0.2, 0.25) is 0 Å². The first-order chi connectivity index (χ1) is 19.6. The summed E-state index contributed by atoms with van der Waals surface area (Å²) in [5, 5.41) is 11.6. The molecule has 9 nitrogen and oxygen atoms in total. The summed E-state index contributed by atoms with van der Waals surface area (Å²) < 4.78 is 11.0. The number of aromatic nitrogens is 2. The average Bonchev–Trinajstić information content (AvgIpc) is 3.44. The minimum absolute atomic E-state index is 0.00566. The van der Waals surface area contributed by atoms with Crippen LogP contribution in [0.5, 0.6) is 11.5 Å². The van der Waals surface area contributed by atoms with Crippen molar-refractivity contribution in [3.8, 4) is 33.8 Å². The van der Waals surface area contributed by atoms with Crippen LogP contribution in [0.3, 0.4) is 0 Å². The van der Waals surface area contributed by atoms with Gasteiger partial charge in [0, 0.05) is 86.8 Å². The number of phenolic OH excluding ortho intramolecular Hbond substituents is 1. The fraction of sp³-hybridized carbons (Fsp3) is 0.355. The largest absolute Gasteiger partial charge is 0.507 e. The van der Waals surface area contributed by atoms with E-state index in [1.54, 1.807) is 25.4 Å². The summed E-state index contributed by atoms with van der Waals surface area (Å²) in [7, 11) is 1.66. The van der Waals surface area contributed by atoms with Crippen LogP contribution in [-0.4, -0.2) is 108 Å². The molecular formula is C31H35N5O4. The second kappa shape index (κ2) is 11.7. The number of nitrogens with one attached hydrogen (secondary N) is 1. The summed E-state index contributed by atoms with van der Waals surface area (Å²) in [6, 6.07) is 15.2. The molecule has 4 aromatic rings. The number of aromatic hydroxyl groups is 1. The molecule has 2 aromatic heterocycles. The number of amides is 1. The lowest BCUT2D eigenvalue weighted by Gasteiger charge is -2.36. The number of hydrogen-bond acceptors (Lipinski definition) is 7. The predicted molar refractivity (Wildman–Crippen MR) is 155 cm³/mol. The fourth-order valence-electron chi connectivity index (χ4n) is 5.59. The minimum Gasteiger partial charge on any atom is -0.507 e. The first-order valence-electron chi connectivity index (χ1n) is 13.9. The molecule has 0 bridgehead atoms. The maximum absolute atomic E-state index is 13.5. The lowest BCUT2D eigenvalue weighted by molar-refractivity contribution is 0.0293. The number of hydrogen-bond donors (Lipinski definition) is 2. The monoisotopic (exact) mass is 541 g/mol. The topological polar surface area (TPSA) is 94.2 Å². The molecule has 9 heteroatoms. The summed E-state index contributed by atoms with van der Waals surface area (Å²) in [5.74, 6) is 0.638. The number of methoxy groups -OCH3 is 1. The third-order valence-electron chi connectivity index (χ3n) is 7.98. The molecule has 2 aliphatic heterocycles. The first kappa shape index (κ1) is 26.3. The third-order valence-corrected chi connectivity index (χ3v) is 7.98. The van der Waals surface area contributed by atoms with E-state index in [0.717, 1.165) is 91.5 Å². The Kier molecular flexibility index (Phi) is 7.68. The van der Waals surface area contributed by atoms with Gasteiger partial charge >= 0.3 is 0 Å². The SMILES string of the molecule is COc1ccccc1-c1c[nH]c2ncc(-c3ccc(O)c(C(=O)N4CCN(CCN5CCOCC5)CC4)c3)cc12. The quantitative estimate of drug-likeness (QED) is 0.369. The van der Waals surface area contributed by atoms with Gasteiger partial charge in [-0.3, -0.25) is 14.6 Å². The van der Waals surface area contributed by atoms with Crippen LogP contribution in [0, 0.1) is 0 Å². The van der Waals surface area contributed by atoms with Crippen molar-refractivity contribution < 1.29 is 19.4 Å². The summed E-state index contributed by atoms with van der Waals surface area (Å²) in [5.41, 5.74) is 4.74. The number of morpholine rings is 1. The van der Waals surface area contributed by atoms with Crippen LogP contribution in [-0.2, 0) is 4.74 Å². The number of carbonyl (C=O) groups is 1. The Morgan fingerprint density at radius 1 is 0.950 bits per heavy atom. The summed E-state index contributed by atoms with van der Waals surface area (Å²) >= 11 is 0. The number of nitrogens with zero attached hydrogens (tertiary/aromatic N) is 4. The molecule has 0 unspecified atom stereocenters. The number of H-pyrrole nitrogens is 1. The number of para-hydroxylation sites is 1. The van der Waals surface area contributed by atoms with Crippen LogP contribution < -0.4 is 4.74 Å². The zero-order valence-electron chi connectivity index (χ0n) is 22.8. The third kappa shape index (κ3) is 5.40. The fourth-order valence-corrected chi connectivity index (χ4v) is 5.59. The van der Waals surface area contributed by atoms with Crippen molar-refractivity contribution in [3.63, 3.8) is 0 Å². The van der Waals surface area contributed by atoms with Gasteiger partial charge in [-0.25, -0.2) is 4.98 Å². The van der Waals surface area contributed by atoms with Crippen molar-refractivity contribution in [1.82, 2.24) is 24.7 Å². The molecule has 0 spiro atoms. The number of ether oxygens (including phenoxy) is 2. The Hall–Kier alpha value is -3.92. The summed E-state index contributed by atoms with van der Waals surface area (Å²) in [6.45, 7) is 8.56. The van der Waals surface area contributed by atoms with E-state index in [0.29, 0.717) is 18.7 Å². The van der Waals surface area contributed by atoms with Crippen molar-refractivity contribution in [3.05, 3.63) is 66.5 Å². The summed E-state index contributed by atoms with van der Waals surface area (Å²) in [4.78, 5) is 28.1. The van der Waals surface area contributed by atoms with Gasteiger partial charge in [-0.1, -0.05) is 24.3 Å². The number of fused-ring (bicyclic) bond motifs is 1. The Labute approximate surface area is 233 Å². The molecule has 2 saturated heterocycles. The highest BCUT2D eigenvalue weighted by Gasteiger charge is 2.25. The van der Waals surface area contributed by atoms with E-state index in [2.05, 4.69) is 25.8 Å². The Morgan fingerprint density at radius 3 is 2.48 bits per heavy atom. The van der Waals surface area contributed by atoms with Crippen molar-refractivity contribution >= 4 is 16.9 Å². The normalized spacial score (nSPS) is 16.9. The van der Waals surface area contributed by atoms with Crippen LogP contribution in [0.1, 0.15) is 10.4 Å². The lowest BCUT2D eigenvalue weighted by Crippen LogP contribution is -2.51. The highest BCUT2D eigenvalue weighted by atomic mass is 16.5. The average molecular weight is 542 g/mol. The molecule has 2 N–H and O–H groups in total. The molecule has 2 fully saturated rings. The molecule has 4 heterocycles. The Balaban J connectivity index is 1.18. The van der Waals surface area contributed by atoms with Crippen molar-refractivity contribution in [2.45, 2.75) is 0 Å². The van der Waals surface area contributed by atoms with Gasteiger partial charge < -0.3 is 24.5 Å². The van der Waals surface area contributed by atoms with Gasteiger partial charge in [-0.05, 0) is 29.8 Å². The first-order valence-corrected chi connectivity index (χ1v) is 13.9. The number of piperazine rings is 1. The van der Waals surface area contributed by atoms with E-state index in [9.17, 15) is 9.90 Å². The van der Waals surface area contributed by atoms with Gasteiger partial charge in [0.15, 0.2) is 0 Å². The molecule has 0 radical (unpaired) electrons. The molecule has 0 saturated carbocycles. The zero-order chi connectivity index (χ0) is 27.5. The lowest BCUT2D eigenvalue weighted by atomic mass is 9.99. The second-order valence-electron chi connectivity index (χ2n) is 10.3. The number of benzene rings is 2. The molecule has 6 rings (SSSR count). The molecule has 40 heavy (non-hydrogen) atoms. The number of rotatable bonds is 7. The number of aromatic amines is 1. The zero-order valence-corrected chi connectivity index (χ0v) is 22.8. The molecule has 2 aliphatic rings. The molecule has 0 atom stereocenters. The molecule has 208 valence electrons. The molecule has 2 aromatic carbocycles. The Bertz CT molecular complexity index is 1490. The second-order valence-corrected chi connectivity index (χ2v) is 10.3. The van der Waals surface area contributed by atoms with Crippen LogP contribution in [0.25, 0.3) is 33.3 Å². The van der Waals surface area contributed by atoms with Crippen LogP contribution in [0.4, 0.5) is 0 Å². The number of carbonyl (C=O) groups excluding carboxylic acids is 1. The maximum Gasteiger partial charge on any atom is 0.257 e. The van der Waals surface area contributed by atoms with Crippen LogP contribution >= 0.6 is 0 Å². The molecular weight excluding hydrogens is 506 g/mol. The number of pyridine rings is 1. The van der Waals surface area contributed by atoms with Gasteiger partial charge in [0.1, 0.15) is 17.1 Å². The van der Waals surface area contributed by atoms with Gasteiger partial charge in [0.25, 0.3) is 5.91 Å². The standard InChI is InChI=1S/C31H35N5O4/c1-39-29-5-3-2-4-24(29)27-21-33-30-25(27)19-23(20-32-30)22-6-7-28(37)26(18-22)31(38)36-12-10-34(11-13-36)8-9-35-14-16-40-17-15-35/h2-7,18-21,37H,8-17H2,1H3,(H,32,33). The van der Waals surface area contributed by atoms with Crippen molar-refractivity contribution in [2.75, 3.05) is 72.7 Å². The highest BCUT2D eigenvalue weighted by Crippen LogP contribution is 2.36. The smallest absolute Gasteiger partial charge is 0.257 e. The number of phenols is 1. The van der Waals surface area contributed by atoms with E-state index < -0.39 is 0 Å². The van der Waals surface area contributed by atoms with E-state index in [1.165, 1.54) is 0 Å². The van der Waals surface area contributed by atoms with Gasteiger partial charge in [0.05, 0.1) is 25.9 Å².